The first-order chi connectivity index (χ1) is 13.5. The number of amides is 1. The number of nitrogens with one attached hydrogen (secondary N) is 2. The Morgan fingerprint density at radius 1 is 1.04 bits per heavy atom. The van der Waals surface area contributed by atoms with Crippen LogP contribution in [0.1, 0.15) is 53.7 Å². The Morgan fingerprint density at radius 3 is 2.32 bits per heavy atom. The highest BCUT2D eigenvalue weighted by Gasteiger charge is 2.12. The van der Waals surface area contributed by atoms with Gasteiger partial charge in [0, 0.05) is 23.8 Å². The molecular weight excluding hydrogens is 348 g/mol. The second kappa shape index (κ2) is 8.65. The van der Waals surface area contributed by atoms with E-state index >= 15 is 0 Å². The van der Waals surface area contributed by atoms with E-state index < -0.39 is 0 Å². The van der Waals surface area contributed by atoms with E-state index in [0.29, 0.717) is 17.4 Å². The van der Waals surface area contributed by atoms with Gasteiger partial charge in [0.1, 0.15) is 0 Å². The monoisotopic (exact) mass is 374 g/mol. The standard InChI is InChI=1S/C23H26N4O/c1-5-17-9-11-19(12-10-17)26-22(28)18-13-24-23(25-14-18)27-21-16(4)7-6-8-20(21)15(2)3/h6-15H,5H2,1-4H3,(H,26,28)(H,24,25,27). The predicted octanol–water partition coefficient (Wildman–Crippen LogP) is 5.47. The van der Waals surface area contributed by atoms with Crippen molar-refractivity contribution in [3.63, 3.8) is 0 Å². The van der Waals surface area contributed by atoms with Crippen LogP contribution in [-0.2, 0) is 6.42 Å². The van der Waals surface area contributed by atoms with Gasteiger partial charge in [-0.25, -0.2) is 9.97 Å². The van der Waals surface area contributed by atoms with Gasteiger partial charge in [-0.3, -0.25) is 4.79 Å². The molecule has 3 aromatic rings. The number of carbonyl (C=O) groups is 1. The van der Waals surface area contributed by atoms with Gasteiger partial charge >= 0.3 is 0 Å². The highest BCUT2D eigenvalue weighted by atomic mass is 16.1. The number of benzene rings is 2. The van der Waals surface area contributed by atoms with E-state index in [4.69, 9.17) is 0 Å². The zero-order chi connectivity index (χ0) is 20.1. The van der Waals surface area contributed by atoms with Crippen LogP contribution >= 0.6 is 0 Å². The Bertz CT molecular complexity index is 947. The molecule has 1 aromatic heterocycles. The topological polar surface area (TPSA) is 66.9 Å². The van der Waals surface area contributed by atoms with E-state index in [1.165, 1.54) is 11.1 Å². The molecule has 0 spiro atoms. The maximum absolute atomic E-state index is 12.4. The maximum Gasteiger partial charge on any atom is 0.258 e. The molecule has 5 nitrogen and oxygen atoms in total. The molecular formula is C23H26N4O. The van der Waals surface area contributed by atoms with Crippen molar-refractivity contribution < 1.29 is 4.79 Å². The Morgan fingerprint density at radius 2 is 1.71 bits per heavy atom. The Labute approximate surface area is 166 Å². The van der Waals surface area contributed by atoms with Crippen LogP contribution in [0.2, 0.25) is 0 Å². The third-order valence-corrected chi connectivity index (χ3v) is 4.70. The molecule has 0 aliphatic heterocycles. The number of hydrogen-bond acceptors (Lipinski definition) is 4. The van der Waals surface area contributed by atoms with Crippen LogP contribution < -0.4 is 10.6 Å². The summed E-state index contributed by atoms with van der Waals surface area (Å²) in [5.41, 5.74) is 5.76. The van der Waals surface area contributed by atoms with Crippen molar-refractivity contribution in [3.8, 4) is 0 Å². The van der Waals surface area contributed by atoms with E-state index in [0.717, 1.165) is 23.4 Å². The smallest absolute Gasteiger partial charge is 0.258 e. The first kappa shape index (κ1) is 19.5. The fourth-order valence-corrected chi connectivity index (χ4v) is 2.99. The first-order valence-corrected chi connectivity index (χ1v) is 9.56. The molecule has 0 unspecified atom stereocenters. The number of anilines is 3. The lowest BCUT2D eigenvalue weighted by molar-refractivity contribution is 0.102. The summed E-state index contributed by atoms with van der Waals surface area (Å²) in [4.78, 5) is 21.1. The number of hydrogen-bond donors (Lipinski definition) is 2. The third kappa shape index (κ3) is 4.55. The molecule has 0 radical (unpaired) electrons. The number of nitrogens with zero attached hydrogens (tertiary/aromatic N) is 2. The van der Waals surface area contributed by atoms with E-state index in [9.17, 15) is 4.79 Å². The minimum atomic E-state index is -0.227. The number of carbonyl (C=O) groups excluding carboxylic acids is 1. The molecule has 144 valence electrons. The Hall–Kier alpha value is -3.21. The van der Waals surface area contributed by atoms with Crippen molar-refractivity contribution in [2.75, 3.05) is 10.6 Å². The number of aromatic nitrogens is 2. The zero-order valence-electron chi connectivity index (χ0n) is 16.8. The fraction of sp³-hybridized carbons (Fsp3) is 0.261. The summed E-state index contributed by atoms with van der Waals surface area (Å²) in [6.07, 6.45) is 4.05. The summed E-state index contributed by atoms with van der Waals surface area (Å²) < 4.78 is 0. The lowest BCUT2D eigenvalue weighted by Gasteiger charge is -2.16. The lowest BCUT2D eigenvalue weighted by atomic mass is 9.98. The van der Waals surface area contributed by atoms with Crippen LogP contribution in [0, 0.1) is 6.92 Å². The number of aryl methyl sites for hydroxylation is 2. The molecule has 5 heteroatoms. The summed E-state index contributed by atoms with van der Waals surface area (Å²) in [6, 6.07) is 14.0. The lowest BCUT2D eigenvalue weighted by Crippen LogP contribution is -2.13. The van der Waals surface area contributed by atoms with Crippen LogP contribution in [-0.4, -0.2) is 15.9 Å². The van der Waals surface area contributed by atoms with Gasteiger partial charge in [0.15, 0.2) is 0 Å². The van der Waals surface area contributed by atoms with E-state index in [2.05, 4.69) is 66.5 Å². The van der Waals surface area contributed by atoms with Crippen LogP contribution in [0.25, 0.3) is 0 Å². The fourth-order valence-electron chi connectivity index (χ4n) is 2.99. The van der Waals surface area contributed by atoms with Gasteiger partial charge in [0.05, 0.1) is 5.56 Å². The minimum absolute atomic E-state index is 0.227. The van der Waals surface area contributed by atoms with Crippen LogP contribution in [0.15, 0.2) is 54.9 Å². The SMILES string of the molecule is CCc1ccc(NC(=O)c2cnc(Nc3c(C)cccc3C(C)C)nc2)cc1. The molecule has 2 aromatic carbocycles. The molecule has 0 bridgehead atoms. The molecule has 1 amide bonds. The van der Waals surface area contributed by atoms with Gasteiger partial charge in [0.25, 0.3) is 5.91 Å². The molecule has 0 saturated carbocycles. The van der Waals surface area contributed by atoms with Gasteiger partial charge in [-0.2, -0.15) is 0 Å². The average Bonchev–Trinajstić information content (AvgIpc) is 2.70. The van der Waals surface area contributed by atoms with Crippen molar-refractivity contribution in [3.05, 3.63) is 77.1 Å². The van der Waals surface area contributed by atoms with Gasteiger partial charge in [-0.05, 0) is 48.1 Å². The Kier molecular flexibility index (Phi) is 6.04. The molecule has 3 rings (SSSR count). The van der Waals surface area contributed by atoms with Gasteiger partial charge in [-0.15, -0.1) is 0 Å². The second-order valence-electron chi connectivity index (χ2n) is 7.12. The van der Waals surface area contributed by atoms with Gasteiger partial charge in [0.2, 0.25) is 5.95 Å². The normalized spacial score (nSPS) is 10.8. The molecule has 1 heterocycles. The third-order valence-electron chi connectivity index (χ3n) is 4.70. The number of para-hydroxylation sites is 1. The maximum atomic E-state index is 12.4. The van der Waals surface area contributed by atoms with Crippen LogP contribution in [0.5, 0.6) is 0 Å². The van der Waals surface area contributed by atoms with Gasteiger partial charge in [-0.1, -0.05) is 51.1 Å². The molecule has 0 aliphatic rings. The summed E-state index contributed by atoms with van der Waals surface area (Å²) in [7, 11) is 0. The van der Waals surface area contributed by atoms with Gasteiger partial charge < -0.3 is 10.6 Å². The summed E-state index contributed by atoms with van der Waals surface area (Å²) >= 11 is 0. The second-order valence-corrected chi connectivity index (χ2v) is 7.12. The van der Waals surface area contributed by atoms with Crippen molar-refractivity contribution in [2.45, 2.75) is 40.0 Å². The Balaban J connectivity index is 1.72. The predicted molar refractivity (Wildman–Crippen MR) is 114 cm³/mol. The molecule has 0 atom stereocenters. The molecule has 28 heavy (non-hydrogen) atoms. The van der Waals surface area contributed by atoms with E-state index in [-0.39, 0.29) is 5.91 Å². The molecule has 0 aliphatic carbocycles. The van der Waals surface area contributed by atoms with Crippen molar-refractivity contribution in [1.29, 1.82) is 0 Å². The van der Waals surface area contributed by atoms with E-state index in [1.807, 2.05) is 24.3 Å². The minimum Gasteiger partial charge on any atom is -0.324 e. The molecule has 2 N–H and O–H groups in total. The van der Waals surface area contributed by atoms with Crippen molar-refractivity contribution in [2.24, 2.45) is 0 Å². The molecule has 0 fully saturated rings. The van der Waals surface area contributed by atoms with Crippen molar-refractivity contribution in [1.82, 2.24) is 9.97 Å². The summed E-state index contributed by atoms with van der Waals surface area (Å²) in [6.45, 7) is 8.46. The summed E-state index contributed by atoms with van der Waals surface area (Å²) in [5.74, 6) is 0.626. The highest BCUT2D eigenvalue weighted by Crippen LogP contribution is 2.29. The molecule has 0 saturated heterocycles. The summed E-state index contributed by atoms with van der Waals surface area (Å²) in [5, 5.41) is 6.17. The zero-order valence-corrected chi connectivity index (χ0v) is 16.8. The first-order valence-electron chi connectivity index (χ1n) is 9.56. The largest absolute Gasteiger partial charge is 0.324 e. The van der Waals surface area contributed by atoms with Crippen LogP contribution in [0.4, 0.5) is 17.3 Å². The average molecular weight is 374 g/mol. The van der Waals surface area contributed by atoms with Crippen LogP contribution in [0.3, 0.4) is 0 Å². The highest BCUT2D eigenvalue weighted by molar-refractivity contribution is 6.03. The van der Waals surface area contributed by atoms with Crippen molar-refractivity contribution >= 4 is 23.2 Å². The quantitative estimate of drug-likeness (QED) is 0.601. The number of rotatable bonds is 6. The van der Waals surface area contributed by atoms with E-state index in [1.54, 1.807) is 12.4 Å².